The molecule has 0 aromatic rings. The van der Waals surface area contributed by atoms with Crippen LogP contribution in [-0.2, 0) is 0 Å². The predicted octanol–water partition coefficient (Wildman–Crippen LogP) is 2.67. The Bertz CT molecular complexity index is 365. The molecule has 2 atom stereocenters. The minimum Gasteiger partial charge on any atom is -0.396 e. The molecule has 0 amide bonds. The normalized spacial score (nSPS) is 35.9. The van der Waals surface area contributed by atoms with Gasteiger partial charge in [-0.05, 0) is 29.2 Å². The molecule has 0 radical (unpaired) electrons. The fraction of sp³-hybridized carbons (Fsp3) is 0.733. The van der Waals surface area contributed by atoms with Gasteiger partial charge in [-0.25, -0.2) is 0 Å². The minimum atomic E-state index is 0.0311. The Kier molecular flexibility index (Phi) is 3.21. The monoisotopic (exact) mass is 236 g/mol. The van der Waals surface area contributed by atoms with Gasteiger partial charge in [-0.2, -0.15) is 0 Å². The van der Waals surface area contributed by atoms with E-state index in [9.17, 15) is 10.2 Å². The third kappa shape index (κ3) is 1.88. The van der Waals surface area contributed by atoms with Crippen LogP contribution in [0.1, 0.15) is 40.0 Å². The van der Waals surface area contributed by atoms with Crippen LogP contribution >= 0.6 is 0 Å². The molecule has 0 bridgehead atoms. The van der Waals surface area contributed by atoms with Crippen LogP contribution in [0.3, 0.4) is 0 Å². The summed E-state index contributed by atoms with van der Waals surface area (Å²) in [6, 6.07) is 0. The molecule has 0 saturated heterocycles. The van der Waals surface area contributed by atoms with E-state index in [1.807, 2.05) is 6.08 Å². The van der Waals surface area contributed by atoms with E-state index in [0.29, 0.717) is 0 Å². The van der Waals surface area contributed by atoms with Crippen LogP contribution in [0.5, 0.6) is 0 Å². The highest BCUT2D eigenvalue weighted by Crippen LogP contribution is 2.57. The van der Waals surface area contributed by atoms with Crippen LogP contribution in [0.4, 0.5) is 0 Å². The molecule has 0 spiro atoms. The van der Waals surface area contributed by atoms with Gasteiger partial charge in [0.25, 0.3) is 0 Å². The van der Waals surface area contributed by atoms with Gasteiger partial charge in [0.15, 0.2) is 0 Å². The number of hydrogen-bond acceptors (Lipinski definition) is 2. The van der Waals surface area contributed by atoms with Crippen molar-refractivity contribution in [3.05, 3.63) is 23.3 Å². The molecule has 2 aliphatic rings. The molecule has 2 nitrogen and oxygen atoms in total. The van der Waals surface area contributed by atoms with E-state index in [0.717, 1.165) is 12.0 Å². The summed E-state index contributed by atoms with van der Waals surface area (Å²) < 4.78 is 0. The summed E-state index contributed by atoms with van der Waals surface area (Å²) in [5.41, 5.74) is 2.69. The number of hydrogen-bond donors (Lipinski definition) is 2. The maximum Gasteiger partial charge on any atom is 0.0648 e. The van der Waals surface area contributed by atoms with Crippen molar-refractivity contribution in [2.45, 2.75) is 40.0 Å². The second-order valence-corrected chi connectivity index (χ2v) is 6.37. The van der Waals surface area contributed by atoms with E-state index >= 15 is 0 Å². The average molecular weight is 236 g/mol. The van der Waals surface area contributed by atoms with E-state index in [2.05, 4.69) is 26.8 Å². The molecule has 96 valence electrons. The lowest BCUT2D eigenvalue weighted by Crippen LogP contribution is -2.43. The van der Waals surface area contributed by atoms with Crippen molar-refractivity contribution >= 4 is 0 Å². The molecule has 1 fully saturated rings. The molecule has 0 aliphatic heterocycles. The maximum atomic E-state index is 9.69. The Hall–Kier alpha value is -0.600. The summed E-state index contributed by atoms with van der Waals surface area (Å²) in [7, 11) is 0. The van der Waals surface area contributed by atoms with Crippen molar-refractivity contribution in [3.8, 4) is 0 Å². The highest BCUT2D eigenvalue weighted by molar-refractivity contribution is 5.38. The predicted molar refractivity (Wildman–Crippen MR) is 69.6 cm³/mol. The van der Waals surface area contributed by atoms with E-state index in [1.165, 1.54) is 18.4 Å². The van der Waals surface area contributed by atoms with E-state index in [-0.39, 0.29) is 30.0 Å². The molecule has 1 saturated carbocycles. The van der Waals surface area contributed by atoms with Gasteiger partial charge >= 0.3 is 0 Å². The Morgan fingerprint density at radius 3 is 2.47 bits per heavy atom. The summed E-state index contributed by atoms with van der Waals surface area (Å²) in [4.78, 5) is 0. The molecule has 2 N–H and O–H groups in total. The largest absolute Gasteiger partial charge is 0.396 e. The Balaban J connectivity index is 2.48. The van der Waals surface area contributed by atoms with Gasteiger partial charge in [0.2, 0.25) is 0 Å². The smallest absolute Gasteiger partial charge is 0.0648 e. The SMILES string of the molecule is CC1(C)CCC[C@@]2(C)C1=CC=C(CO)[C@@H]2CO. The first-order valence-corrected chi connectivity index (χ1v) is 6.59. The molecule has 17 heavy (non-hydrogen) atoms. The number of aliphatic hydroxyl groups is 2. The first-order valence-electron chi connectivity index (χ1n) is 6.59. The summed E-state index contributed by atoms with van der Waals surface area (Å²) in [6.45, 7) is 7.04. The highest BCUT2D eigenvalue weighted by Gasteiger charge is 2.47. The Labute approximate surface area is 104 Å². The van der Waals surface area contributed by atoms with Crippen LogP contribution in [0.2, 0.25) is 0 Å². The molecular weight excluding hydrogens is 212 g/mol. The zero-order chi connectivity index (χ0) is 12.7. The third-order valence-electron chi connectivity index (χ3n) is 4.89. The fourth-order valence-corrected chi connectivity index (χ4v) is 3.92. The zero-order valence-corrected chi connectivity index (χ0v) is 11.2. The maximum absolute atomic E-state index is 9.69. The first-order chi connectivity index (χ1) is 7.95. The lowest BCUT2D eigenvalue weighted by Gasteiger charge is -2.51. The quantitative estimate of drug-likeness (QED) is 0.774. The topological polar surface area (TPSA) is 40.5 Å². The van der Waals surface area contributed by atoms with Gasteiger partial charge < -0.3 is 10.2 Å². The van der Waals surface area contributed by atoms with Crippen LogP contribution in [0, 0.1) is 16.7 Å². The van der Waals surface area contributed by atoms with Gasteiger partial charge in [0.1, 0.15) is 0 Å². The molecule has 2 rings (SSSR count). The number of aliphatic hydroxyl groups excluding tert-OH is 2. The molecule has 2 aliphatic carbocycles. The molecular formula is C15H24O2. The van der Waals surface area contributed by atoms with E-state index < -0.39 is 0 Å². The van der Waals surface area contributed by atoms with E-state index in [4.69, 9.17) is 0 Å². The van der Waals surface area contributed by atoms with Gasteiger partial charge in [-0.15, -0.1) is 0 Å². The third-order valence-corrected chi connectivity index (χ3v) is 4.89. The van der Waals surface area contributed by atoms with Crippen molar-refractivity contribution in [1.29, 1.82) is 0 Å². The highest BCUT2D eigenvalue weighted by atomic mass is 16.3. The summed E-state index contributed by atoms with van der Waals surface area (Å²) in [5, 5.41) is 19.1. The summed E-state index contributed by atoms with van der Waals surface area (Å²) >= 11 is 0. The van der Waals surface area contributed by atoms with Crippen molar-refractivity contribution in [1.82, 2.24) is 0 Å². The number of allylic oxidation sites excluding steroid dienone is 3. The van der Waals surface area contributed by atoms with Gasteiger partial charge in [0, 0.05) is 5.92 Å². The Morgan fingerprint density at radius 1 is 1.18 bits per heavy atom. The standard InChI is InChI=1S/C15H24O2/c1-14(2)7-4-8-15(3)12(10-17)11(9-16)5-6-13(14)15/h5-6,12,16-17H,4,7-10H2,1-3H3/t12-,15+/m0/s1. The fourth-order valence-electron chi connectivity index (χ4n) is 3.92. The van der Waals surface area contributed by atoms with Crippen LogP contribution in [-0.4, -0.2) is 23.4 Å². The molecule has 0 aromatic carbocycles. The Morgan fingerprint density at radius 2 is 1.88 bits per heavy atom. The number of fused-ring (bicyclic) bond motifs is 1. The zero-order valence-electron chi connectivity index (χ0n) is 11.2. The lowest BCUT2D eigenvalue weighted by atomic mass is 9.53. The van der Waals surface area contributed by atoms with Crippen molar-refractivity contribution in [2.24, 2.45) is 16.7 Å². The van der Waals surface area contributed by atoms with Crippen LogP contribution in [0.15, 0.2) is 23.3 Å². The second-order valence-electron chi connectivity index (χ2n) is 6.37. The summed E-state index contributed by atoms with van der Waals surface area (Å²) in [6.07, 6.45) is 7.75. The lowest BCUT2D eigenvalue weighted by molar-refractivity contribution is 0.0872. The molecule has 2 heteroatoms. The van der Waals surface area contributed by atoms with Gasteiger partial charge in [-0.1, -0.05) is 44.9 Å². The average Bonchev–Trinajstić information content (AvgIpc) is 2.26. The van der Waals surface area contributed by atoms with Gasteiger partial charge in [0.05, 0.1) is 13.2 Å². The molecule has 0 aromatic heterocycles. The minimum absolute atomic E-state index is 0.0311. The first kappa shape index (κ1) is 12.8. The van der Waals surface area contributed by atoms with Crippen LogP contribution < -0.4 is 0 Å². The number of rotatable bonds is 2. The van der Waals surface area contributed by atoms with E-state index in [1.54, 1.807) is 0 Å². The second kappa shape index (κ2) is 4.25. The molecule has 0 heterocycles. The van der Waals surface area contributed by atoms with Crippen molar-refractivity contribution < 1.29 is 10.2 Å². The van der Waals surface area contributed by atoms with Crippen LogP contribution in [0.25, 0.3) is 0 Å². The summed E-state index contributed by atoms with van der Waals surface area (Å²) in [5.74, 6) is 0.0899. The van der Waals surface area contributed by atoms with Gasteiger partial charge in [-0.3, -0.25) is 0 Å². The molecule has 0 unspecified atom stereocenters. The van der Waals surface area contributed by atoms with Crippen molar-refractivity contribution in [2.75, 3.05) is 13.2 Å². The van der Waals surface area contributed by atoms with Crippen molar-refractivity contribution in [3.63, 3.8) is 0 Å².